The molecule has 10 nitrogen and oxygen atoms in total. The first-order valence-electron chi connectivity index (χ1n) is 2.35. The van der Waals surface area contributed by atoms with Crippen LogP contribution in [0, 0.1) is 10.8 Å². The van der Waals surface area contributed by atoms with E-state index in [0.29, 0.717) is 0 Å². The average Bonchev–Trinajstić information content (AvgIpc) is 1.50. The lowest BCUT2D eigenvalue weighted by Crippen LogP contribution is -2.20. The predicted octanol–water partition coefficient (Wildman–Crippen LogP) is -2.55. The van der Waals surface area contributed by atoms with Gasteiger partial charge in [0.05, 0.1) is 0 Å². The highest BCUT2D eigenvalue weighted by Gasteiger charge is 1.84. The van der Waals surface area contributed by atoms with Gasteiger partial charge in [-0.15, -0.1) is 12.4 Å². The molecule has 0 aliphatic heterocycles. The van der Waals surface area contributed by atoms with Crippen LogP contribution < -0.4 is 22.9 Å². The fourth-order valence-electron chi connectivity index (χ4n) is 0. The molecule has 0 spiro atoms. The lowest BCUT2D eigenvalue weighted by molar-refractivity contribution is 0.381. The Morgan fingerprint density at radius 1 is 0.929 bits per heavy atom. The van der Waals surface area contributed by atoms with Crippen molar-refractivity contribution in [3.05, 3.63) is 0 Å². The SMILES string of the molecule is Cl.N=C(N)N.N=C(N)N.O=S(=O)(O)O. The average molecular weight is 253 g/mol. The minimum absolute atomic E-state index is 0. The van der Waals surface area contributed by atoms with Crippen molar-refractivity contribution in [2.75, 3.05) is 0 Å². The largest absolute Gasteiger partial charge is 0.394 e. The molecule has 0 heterocycles. The molecule has 0 unspecified atom stereocenters. The van der Waals surface area contributed by atoms with Gasteiger partial charge in [0.1, 0.15) is 0 Å². The highest BCUT2D eigenvalue weighted by atomic mass is 35.5. The van der Waals surface area contributed by atoms with Gasteiger partial charge < -0.3 is 22.9 Å². The van der Waals surface area contributed by atoms with Crippen LogP contribution in [0.25, 0.3) is 0 Å². The van der Waals surface area contributed by atoms with Crippen LogP contribution in [0.1, 0.15) is 0 Å². The molecule has 0 aliphatic carbocycles. The first-order valence-corrected chi connectivity index (χ1v) is 3.75. The third-order valence-corrected chi connectivity index (χ3v) is 0. The normalized spacial score (nSPS) is 7.57. The first-order chi connectivity index (χ1) is 5.46. The summed E-state index contributed by atoms with van der Waals surface area (Å²) in [4.78, 5) is 0. The van der Waals surface area contributed by atoms with E-state index in [1.54, 1.807) is 0 Å². The van der Waals surface area contributed by atoms with E-state index in [1.165, 1.54) is 0 Å². The van der Waals surface area contributed by atoms with E-state index in [9.17, 15) is 0 Å². The molecule has 0 bridgehead atoms. The first kappa shape index (κ1) is 23.0. The van der Waals surface area contributed by atoms with Crippen molar-refractivity contribution in [3.8, 4) is 0 Å². The number of guanidine groups is 2. The lowest BCUT2D eigenvalue weighted by Gasteiger charge is -1.69. The molecule has 0 fully saturated rings. The fourth-order valence-corrected chi connectivity index (χ4v) is 0. The van der Waals surface area contributed by atoms with Crippen molar-refractivity contribution >= 4 is 34.7 Å². The molecule has 12 N–H and O–H groups in total. The summed E-state index contributed by atoms with van der Waals surface area (Å²) in [7, 11) is -4.67. The number of nitrogens with one attached hydrogen (secondary N) is 2. The van der Waals surface area contributed by atoms with E-state index in [0.717, 1.165) is 0 Å². The molecule has 0 saturated heterocycles. The maximum absolute atomic E-state index is 8.74. The summed E-state index contributed by atoms with van der Waals surface area (Å²) in [5, 5.41) is 12.1. The number of nitrogens with two attached hydrogens (primary N) is 4. The van der Waals surface area contributed by atoms with Crippen molar-refractivity contribution in [3.63, 3.8) is 0 Å². The molecule has 88 valence electrons. The Bertz CT molecular complexity index is 223. The summed E-state index contributed by atoms with van der Waals surface area (Å²) in [5.74, 6) is -0.667. The van der Waals surface area contributed by atoms with Gasteiger partial charge in [0.15, 0.2) is 11.9 Å². The van der Waals surface area contributed by atoms with Gasteiger partial charge in [-0.3, -0.25) is 19.9 Å². The van der Waals surface area contributed by atoms with Crippen LogP contribution in [0.4, 0.5) is 0 Å². The van der Waals surface area contributed by atoms with Gasteiger partial charge in [-0.05, 0) is 0 Å². The Morgan fingerprint density at radius 3 is 0.929 bits per heavy atom. The van der Waals surface area contributed by atoms with Crippen LogP contribution in [0.5, 0.6) is 0 Å². The standard InChI is InChI=1S/2CH5N3.ClH.H2O4S/c2*2-1(3)4;;1-5(2,3)4/h2*(H5,2,3,4);1H;(H2,1,2,3,4). The maximum Gasteiger partial charge on any atom is 0.394 e. The molecule has 0 saturated carbocycles. The highest BCUT2D eigenvalue weighted by Crippen LogP contribution is 1.59. The molecule has 0 aromatic heterocycles. The van der Waals surface area contributed by atoms with Crippen LogP contribution in [-0.2, 0) is 10.4 Å². The molecular weight excluding hydrogens is 240 g/mol. The van der Waals surface area contributed by atoms with Gasteiger partial charge in [0.2, 0.25) is 0 Å². The van der Waals surface area contributed by atoms with Crippen LogP contribution in [0.3, 0.4) is 0 Å². The van der Waals surface area contributed by atoms with E-state index in [2.05, 4.69) is 22.9 Å². The van der Waals surface area contributed by atoms with Gasteiger partial charge in [-0.2, -0.15) is 8.42 Å². The molecule has 0 aromatic rings. The maximum atomic E-state index is 8.74. The summed E-state index contributed by atoms with van der Waals surface area (Å²) < 4.78 is 31.6. The highest BCUT2D eigenvalue weighted by molar-refractivity contribution is 7.79. The van der Waals surface area contributed by atoms with Crippen molar-refractivity contribution in [1.29, 1.82) is 10.8 Å². The Kier molecular flexibility index (Phi) is 19.2. The van der Waals surface area contributed by atoms with Crippen molar-refractivity contribution in [2.24, 2.45) is 22.9 Å². The minimum atomic E-state index is -4.67. The second-order valence-corrected chi connectivity index (χ2v) is 2.25. The van der Waals surface area contributed by atoms with Crippen LogP contribution >= 0.6 is 12.4 Å². The van der Waals surface area contributed by atoms with Crippen molar-refractivity contribution < 1.29 is 17.5 Å². The number of hydrogen-bond donors (Lipinski definition) is 8. The predicted molar refractivity (Wildman–Crippen MR) is 53.6 cm³/mol. The molecule has 14 heavy (non-hydrogen) atoms. The lowest BCUT2D eigenvalue weighted by atomic mass is 11.1. The Hall–Kier alpha value is -1.30. The molecule has 0 radical (unpaired) electrons. The quantitative estimate of drug-likeness (QED) is 0.130. The number of halogens is 1. The summed E-state index contributed by atoms with van der Waals surface area (Å²) in [6.07, 6.45) is 0. The zero-order valence-electron chi connectivity index (χ0n) is 6.84. The van der Waals surface area contributed by atoms with E-state index in [4.69, 9.17) is 28.3 Å². The van der Waals surface area contributed by atoms with Gasteiger partial charge >= 0.3 is 10.4 Å². The van der Waals surface area contributed by atoms with Crippen LogP contribution in [0.2, 0.25) is 0 Å². The minimum Gasteiger partial charge on any atom is -0.370 e. The molecule has 0 aromatic carbocycles. The smallest absolute Gasteiger partial charge is 0.370 e. The second-order valence-electron chi connectivity index (χ2n) is 1.36. The molecule has 0 amide bonds. The monoisotopic (exact) mass is 252 g/mol. The number of hydrogen-bond acceptors (Lipinski definition) is 4. The Labute approximate surface area is 86.6 Å². The van der Waals surface area contributed by atoms with E-state index < -0.39 is 10.4 Å². The molecule has 0 rings (SSSR count). The van der Waals surface area contributed by atoms with Gasteiger partial charge in [-0.25, -0.2) is 0 Å². The van der Waals surface area contributed by atoms with Crippen molar-refractivity contribution in [2.45, 2.75) is 0 Å². The van der Waals surface area contributed by atoms with E-state index >= 15 is 0 Å². The van der Waals surface area contributed by atoms with Crippen molar-refractivity contribution in [1.82, 2.24) is 0 Å². The second kappa shape index (κ2) is 11.7. The Balaban J connectivity index is -0.0000000522. The van der Waals surface area contributed by atoms with Gasteiger partial charge in [-0.1, -0.05) is 0 Å². The third kappa shape index (κ3) is 596. The van der Waals surface area contributed by atoms with E-state index in [-0.39, 0.29) is 24.3 Å². The van der Waals surface area contributed by atoms with E-state index in [1.807, 2.05) is 0 Å². The third-order valence-electron chi connectivity index (χ3n) is 0. The van der Waals surface area contributed by atoms with Gasteiger partial charge in [0.25, 0.3) is 0 Å². The zero-order chi connectivity index (χ0) is 11.7. The fraction of sp³-hybridized carbons (Fsp3) is 0. The van der Waals surface area contributed by atoms with Crippen LogP contribution in [-0.4, -0.2) is 29.4 Å². The summed E-state index contributed by atoms with van der Waals surface area (Å²) in [5.41, 5.74) is 17.9. The summed E-state index contributed by atoms with van der Waals surface area (Å²) in [6, 6.07) is 0. The number of rotatable bonds is 0. The zero-order valence-corrected chi connectivity index (χ0v) is 8.47. The molecule has 0 atom stereocenters. The summed E-state index contributed by atoms with van der Waals surface area (Å²) >= 11 is 0. The topological polar surface area (TPSA) is 226 Å². The molecule has 0 aliphatic rings. The summed E-state index contributed by atoms with van der Waals surface area (Å²) in [6.45, 7) is 0. The van der Waals surface area contributed by atoms with Gasteiger partial charge in [0, 0.05) is 0 Å². The molecule has 12 heteroatoms. The van der Waals surface area contributed by atoms with Crippen LogP contribution in [0.15, 0.2) is 0 Å². The molecular formula is C2H13ClN6O4S. The Morgan fingerprint density at radius 2 is 0.929 bits per heavy atom.